The van der Waals surface area contributed by atoms with E-state index in [1.54, 1.807) is 18.4 Å². The van der Waals surface area contributed by atoms with E-state index in [0.717, 1.165) is 11.3 Å². The van der Waals surface area contributed by atoms with Gasteiger partial charge < -0.3 is 14.0 Å². The molecule has 1 amide bonds. The number of benzene rings is 1. The summed E-state index contributed by atoms with van der Waals surface area (Å²) in [5.41, 5.74) is 4.05. The zero-order chi connectivity index (χ0) is 16.1. The van der Waals surface area contributed by atoms with Gasteiger partial charge in [0.2, 0.25) is 11.7 Å². The van der Waals surface area contributed by atoms with Gasteiger partial charge in [-0.25, -0.2) is 5.43 Å². The van der Waals surface area contributed by atoms with Crippen LogP contribution in [0.5, 0.6) is 11.5 Å². The Hall–Kier alpha value is -1.99. The van der Waals surface area contributed by atoms with E-state index >= 15 is 0 Å². The van der Waals surface area contributed by atoms with Crippen molar-refractivity contribution >= 4 is 28.9 Å². The zero-order valence-corrected chi connectivity index (χ0v) is 13.5. The molecule has 1 aromatic carbocycles. The third kappa shape index (κ3) is 3.80. The maximum atomic E-state index is 11.9. The molecule has 0 saturated carbocycles. The molecule has 1 heterocycles. The average molecular weight is 322 g/mol. The van der Waals surface area contributed by atoms with Gasteiger partial charge in [-0.1, -0.05) is 6.08 Å². The van der Waals surface area contributed by atoms with Crippen molar-refractivity contribution in [1.82, 2.24) is 5.43 Å². The number of rotatable bonds is 5. The Bertz CT molecular complexity index is 626. The molecular weight excluding hydrogens is 304 g/mol. The van der Waals surface area contributed by atoms with E-state index in [0.29, 0.717) is 29.2 Å². The number of carbonyl (C=O) groups is 1. The van der Waals surface area contributed by atoms with Gasteiger partial charge in [0.15, 0.2) is 10.6 Å². The summed E-state index contributed by atoms with van der Waals surface area (Å²) < 4.78 is 22.4. The van der Waals surface area contributed by atoms with Crippen LogP contribution >= 0.6 is 0 Å². The summed E-state index contributed by atoms with van der Waals surface area (Å²) in [5, 5.41) is 3.97. The minimum absolute atomic E-state index is 0.0769. The molecule has 118 valence electrons. The maximum Gasteiger partial charge on any atom is 0.240 e. The van der Waals surface area contributed by atoms with Crippen LogP contribution in [0.1, 0.15) is 18.4 Å². The highest BCUT2D eigenvalue weighted by molar-refractivity contribution is 7.90. The second kappa shape index (κ2) is 7.33. The summed E-state index contributed by atoms with van der Waals surface area (Å²) in [6.07, 6.45) is 6.28. The Balaban J connectivity index is 2.31. The quantitative estimate of drug-likeness (QED) is 0.837. The fourth-order valence-electron chi connectivity index (χ4n) is 2.06. The fraction of sp³-hybridized carbons (Fsp3) is 0.333. The molecule has 0 radical (unpaired) electrons. The lowest BCUT2D eigenvalue weighted by molar-refractivity contribution is -0.121. The first-order valence-corrected chi connectivity index (χ1v) is 8.24. The van der Waals surface area contributed by atoms with Crippen LogP contribution in [0.4, 0.5) is 0 Å². The van der Waals surface area contributed by atoms with Gasteiger partial charge in [-0.05, 0) is 28.9 Å². The van der Waals surface area contributed by atoms with E-state index in [4.69, 9.17) is 9.47 Å². The third-order valence-electron chi connectivity index (χ3n) is 3.18. The SMILES string of the molecule is COc1cc(C=CC2=NNC(=O)CC2)cc([S+](C)[O-])c1OC. The summed E-state index contributed by atoms with van der Waals surface area (Å²) in [7, 11) is 3.05. The zero-order valence-electron chi connectivity index (χ0n) is 12.7. The highest BCUT2D eigenvalue weighted by Crippen LogP contribution is 2.35. The highest BCUT2D eigenvalue weighted by atomic mass is 32.2. The first-order chi connectivity index (χ1) is 10.5. The Morgan fingerprint density at radius 1 is 1.27 bits per heavy atom. The van der Waals surface area contributed by atoms with Crippen LogP contribution in [-0.2, 0) is 16.0 Å². The van der Waals surface area contributed by atoms with Crippen LogP contribution in [0.25, 0.3) is 6.08 Å². The number of hydrogen-bond acceptors (Lipinski definition) is 5. The van der Waals surface area contributed by atoms with E-state index in [-0.39, 0.29) is 5.91 Å². The number of hydrogen-bond donors (Lipinski definition) is 1. The van der Waals surface area contributed by atoms with Crippen molar-refractivity contribution in [3.63, 3.8) is 0 Å². The van der Waals surface area contributed by atoms with Crippen LogP contribution in [0.15, 0.2) is 28.2 Å². The first-order valence-electron chi connectivity index (χ1n) is 6.68. The molecule has 0 aliphatic carbocycles. The Morgan fingerprint density at radius 2 is 2.05 bits per heavy atom. The Kier molecular flexibility index (Phi) is 5.46. The lowest BCUT2D eigenvalue weighted by Crippen LogP contribution is -2.24. The van der Waals surface area contributed by atoms with E-state index in [1.807, 2.05) is 12.2 Å². The predicted molar refractivity (Wildman–Crippen MR) is 85.7 cm³/mol. The standard InChI is InChI=1S/C15H18N2O4S/c1-20-12-8-10(9-13(22(3)19)15(12)21-2)4-5-11-6-7-14(18)17-16-11/h4-5,8-9H,6-7H2,1-3H3,(H,17,18). The molecule has 1 N–H and O–H groups in total. The summed E-state index contributed by atoms with van der Waals surface area (Å²) in [5.74, 6) is 0.920. The molecule has 1 unspecified atom stereocenters. The number of carbonyl (C=O) groups excluding carboxylic acids is 1. The molecule has 22 heavy (non-hydrogen) atoms. The van der Waals surface area contributed by atoms with E-state index in [9.17, 15) is 9.35 Å². The topological polar surface area (TPSA) is 83.0 Å². The molecule has 6 nitrogen and oxygen atoms in total. The molecule has 0 aromatic heterocycles. The van der Waals surface area contributed by atoms with Crippen LogP contribution in [-0.4, -0.2) is 36.6 Å². The minimum atomic E-state index is -1.20. The number of amides is 1. The summed E-state index contributed by atoms with van der Waals surface area (Å²) in [4.78, 5) is 11.6. The third-order valence-corrected chi connectivity index (χ3v) is 4.10. The average Bonchev–Trinajstić information content (AvgIpc) is 2.53. The van der Waals surface area contributed by atoms with Crippen LogP contribution in [0.3, 0.4) is 0 Å². The molecule has 1 atom stereocenters. The van der Waals surface area contributed by atoms with Crippen molar-refractivity contribution in [2.45, 2.75) is 17.7 Å². The van der Waals surface area contributed by atoms with Gasteiger partial charge >= 0.3 is 0 Å². The lowest BCUT2D eigenvalue weighted by atomic mass is 10.1. The van der Waals surface area contributed by atoms with Crippen molar-refractivity contribution in [3.05, 3.63) is 23.8 Å². The number of allylic oxidation sites excluding steroid dienone is 1. The van der Waals surface area contributed by atoms with E-state index in [2.05, 4.69) is 10.5 Å². The molecule has 1 aliphatic rings. The van der Waals surface area contributed by atoms with Crippen molar-refractivity contribution in [2.24, 2.45) is 5.10 Å². The molecule has 0 spiro atoms. The molecule has 1 aromatic rings. The van der Waals surface area contributed by atoms with E-state index < -0.39 is 11.2 Å². The monoisotopic (exact) mass is 322 g/mol. The molecular formula is C15H18N2O4S. The second-order valence-electron chi connectivity index (χ2n) is 4.68. The van der Waals surface area contributed by atoms with Crippen LogP contribution in [0, 0.1) is 0 Å². The van der Waals surface area contributed by atoms with Crippen LogP contribution < -0.4 is 14.9 Å². The van der Waals surface area contributed by atoms with Gasteiger partial charge in [0.1, 0.15) is 6.26 Å². The number of nitrogens with one attached hydrogen (secondary N) is 1. The molecule has 2 rings (SSSR count). The molecule has 7 heteroatoms. The van der Waals surface area contributed by atoms with Crippen molar-refractivity contribution in [2.75, 3.05) is 20.5 Å². The van der Waals surface area contributed by atoms with Gasteiger partial charge in [0.05, 0.1) is 19.9 Å². The number of nitrogens with zero attached hydrogens (tertiary/aromatic N) is 1. The summed E-state index contributed by atoms with van der Waals surface area (Å²) in [6.45, 7) is 0. The smallest absolute Gasteiger partial charge is 0.240 e. The van der Waals surface area contributed by atoms with Gasteiger partial charge in [0.25, 0.3) is 0 Å². The van der Waals surface area contributed by atoms with Crippen LogP contribution in [0.2, 0.25) is 0 Å². The fourth-order valence-corrected chi connectivity index (χ4v) is 2.81. The number of hydrazone groups is 1. The summed E-state index contributed by atoms with van der Waals surface area (Å²) in [6, 6.07) is 3.59. The largest absolute Gasteiger partial charge is 0.612 e. The maximum absolute atomic E-state index is 11.9. The van der Waals surface area contributed by atoms with Gasteiger partial charge in [0, 0.05) is 18.9 Å². The molecule has 1 aliphatic heterocycles. The first kappa shape index (κ1) is 16.4. The highest BCUT2D eigenvalue weighted by Gasteiger charge is 2.19. The Labute approximate surface area is 132 Å². The lowest BCUT2D eigenvalue weighted by Gasteiger charge is -2.14. The number of methoxy groups -OCH3 is 2. The van der Waals surface area contributed by atoms with Crippen molar-refractivity contribution < 1.29 is 18.8 Å². The normalized spacial score (nSPS) is 16.2. The molecule has 0 saturated heterocycles. The predicted octanol–water partition coefficient (Wildman–Crippen LogP) is 1.72. The van der Waals surface area contributed by atoms with Gasteiger partial charge in [-0.3, -0.25) is 4.79 Å². The number of ether oxygens (including phenoxy) is 2. The van der Waals surface area contributed by atoms with E-state index in [1.165, 1.54) is 14.2 Å². The van der Waals surface area contributed by atoms with Gasteiger partial charge in [-0.15, -0.1) is 0 Å². The second-order valence-corrected chi connectivity index (χ2v) is 6.03. The summed E-state index contributed by atoms with van der Waals surface area (Å²) >= 11 is -1.20. The molecule has 0 fully saturated rings. The van der Waals surface area contributed by atoms with Crippen molar-refractivity contribution in [1.29, 1.82) is 0 Å². The van der Waals surface area contributed by atoms with Gasteiger partial charge in [-0.2, -0.15) is 5.10 Å². The molecule has 0 bridgehead atoms. The van der Waals surface area contributed by atoms with Crippen molar-refractivity contribution in [3.8, 4) is 11.5 Å². The minimum Gasteiger partial charge on any atom is -0.612 e. The Morgan fingerprint density at radius 3 is 2.59 bits per heavy atom.